The first kappa shape index (κ1) is 43.5. The van der Waals surface area contributed by atoms with E-state index in [0.29, 0.717) is 64.7 Å². The van der Waals surface area contributed by atoms with Crippen molar-refractivity contribution in [3.8, 4) is 17.2 Å². The Kier molecular flexibility index (Phi) is 10.5. The number of methoxy groups -OCH3 is 1. The minimum Gasteiger partial charge on any atom is -0.482 e. The first-order valence-corrected chi connectivity index (χ1v) is 21.9. The molecule has 1 aromatic carbocycles. The molecule has 1 spiro atoms. The lowest BCUT2D eigenvalue weighted by Gasteiger charge is -2.62. The summed E-state index contributed by atoms with van der Waals surface area (Å²) in [5, 5.41) is 47.0. The molecule has 2 saturated heterocycles. The summed E-state index contributed by atoms with van der Waals surface area (Å²) in [6.07, 6.45) is 7.74. The Bertz CT molecular complexity index is 2420. The van der Waals surface area contributed by atoms with Gasteiger partial charge >= 0.3 is 5.97 Å². The number of Topliss-reactive ketones (excluding diaryl/α,β-unsaturated/α-hetero) is 1. The van der Waals surface area contributed by atoms with Gasteiger partial charge in [0.1, 0.15) is 47.3 Å². The monoisotopic (exact) mass is 869 g/mol. The third-order valence-corrected chi connectivity index (χ3v) is 14.3. The largest absolute Gasteiger partial charge is 0.482 e. The number of ketones is 1. The maximum absolute atomic E-state index is 15.5. The third kappa shape index (κ3) is 6.32. The standard InChI is InChI=1S/C48H59N3O12/c1-23(2)11-10-16-46(8)17-15-27-38(61-46)26(13-12-24(3)4)40-31(39(27)60-43-37(55)36(54)35(53)29(22-52)59-43)33-32-34(51-20-19-49-44(51)50-33)28-21-30-45(6,7)63-47(41(28)56,48(30,32)62-40)18-14-25(5)42(57)58-9/h11-12,14-15,17,19-20,28-30,34-37,43,52-55H,10,13,16,18,21-22H2,1-9H3,(H,49,50)/b25-14-/t28?,29-,30?,34?,35-,36+,37-,43+,46?,47?,48?/m1/s1. The van der Waals surface area contributed by atoms with E-state index in [2.05, 4.69) is 31.3 Å². The average molecular weight is 870 g/mol. The fourth-order valence-corrected chi connectivity index (χ4v) is 11.3. The number of rotatable bonds is 11. The summed E-state index contributed by atoms with van der Waals surface area (Å²) in [6, 6.07) is -0.547. The summed E-state index contributed by atoms with van der Waals surface area (Å²) >= 11 is 0. The number of hydrogen-bond acceptors (Lipinski definition) is 14. The van der Waals surface area contributed by atoms with Gasteiger partial charge in [0, 0.05) is 47.4 Å². The predicted molar refractivity (Wildman–Crippen MR) is 231 cm³/mol. The van der Waals surface area contributed by atoms with Crippen molar-refractivity contribution in [1.29, 1.82) is 0 Å². The van der Waals surface area contributed by atoms with Gasteiger partial charge in [-0.1, -0.05) is 29.4 Å². The van der Waals surface area contributed by atoms with Crippen molar-refractivity contribution in [1.82, 2.24) is 9.55 Å². The zero-order valence-electron chi connectivity index (χ0n) is 37.4. The van der Waals surface area contributed by atoms with E-state index in [1.807, 2.05) is 57.5 Å². The van der Waals surface area contributed by atoms with Crippen molar-refractivity contribution in [3.05, 3.63) is 75.7 Å². The lowest BCUT2D eigenvalue weighted by atomic mass is 9.47. The molecule has 8 aliphatic rings. The number of aliphatic hydroxyl groups is 4. The van der Waals surface area contributed by atoms with Crippen LogP contribution in [-0.2, 0) is 30.2 Å². The zero-order valence-corrected chi connectivity index (χ0v) is 37.4. The molecule has 0 amide bonds. The van der Waals surface area contributed by atoms with E-state index >= 15 is 4.79 Å². The van der Waals surface area contributed by atoms with Crippen LogP contribution in [0.2, 0.25) is 0 Å². The molecular formula is C48H59N3O12. The maximum atomic E-state index is 15.5. The zero-order chi connectivity index (χ0) is 45.1. The van der Waals surface area contributed by atoms with E-state index < -0.39 is 77.6 Å². The Morgan fingerprint density at radius 2 is 1.76 bits per heavy atom. The van der Waals surface area contributed by atoms with E-state index in [-0.39, 0.29) is 23.9 Å². The van der Waals surface area contributed by atoms with Gasteiger partial charge in [-0.3, -0.25) is 4.79 Å². The van der Waals surface area contributed by atoms with Crippen molar-refractivity contribution in [3.63, 3.8) is 0 Å². The minimum atomic E-state index is -1.73. The first-order chi connectivity index (χ1) is 29.8. The number of aromatic nitrogens is 2. The molecule has 338 valence electrons. The molecule has 5 N–H and O–H groups in total. The summed E-state index contributed by atoms with van der Waals surface area (Å²) in [6.45, 7) is 15.1. The summed E-state index contributed by atoms with van der Waals surface area (Å²) in [5.74, 6) is -0.0976. The van der Waals surface area contributed by atoms with Gasteiger partial charge in [0.2, 0.25) is 12.2 Å². The van der Waals surface area contributed by atoms with Crippen molar-refractivity contribution in [2.24, 2.45) is 11.8 Å². The molecule has 4 bridgehead atoms. The molecule has 5 aliphatic heterocycles. The number of imidazole rings is 1. The Hall–Kier alpha value is -4.77. The summed E-state index contributed by atoms with van der Waals surface area (Å²) < 4.78 is 42.0. The molecule has 15 heteroatoms. The number of benzene rings is 1. The van der Waals surface area contributed by atoms with Gasteiger partial charge in [0.15, 0.2) is 17.0 Å². The number of carbonyl (C=O) groups is 2. The SMILES string of the molecule is COC(=O)/C(C)=C\CC12OC(C)(C)C3CC(C1=O)C1C4=C(Nc5nccn51)c1c(O[C@@H]5O[C@H](CO)[C@@H](O)[C@H](O)[C@H]5O)c5c(c(CC=C(C)C)c1OC432)OC(C)(CCC=C(C)C)C=C5. The Morgan fingerprint density at radius 1 is 1.02 bits per heavy atom. The van der Waals surface area contributed by atoms with Crippen molar-refractivity contribution < 1.29 is 58.4 Å². The second-order valence-corrected chi connectivity index (χ2v) is 19.4. The van der Waals surface area contributed by atoms with Gasteiger partial charge < -0.3 is 58.7 Å². The quantitative estimate of drug-likeness (QED) is 0.111. The predicted octanol–water partition coefficient (Wildman–Crippen LogP) is 5.27. The lowest BCUT2D eigenvalue weighted by molar-refractivity contribution is -0.277. The number of ether oxygens (including phenoxy) is 6. The molecule has 11 atom stereocenters. The van der Waals surface area contributed by atoms with Crippen LogP contribution in [0.3, 0.4) is 0 Å². The van der Waals surface area contributed by atoms with Gasteiger partial charge in [-0.05, 0) is 93.2 Å². The molecule has 3 saturated carbocycles. The topological polar surface area (TPSA) is 200 Å². The van der Waals surface area contributed by atoms with Gasteiger partial charge in [-0.2, -0.15) is 0 Å². The molecule has 15 nitrogen and oxygen atoms in total. The highest BCUT2D eigenvalue weighted by Gasteiger charge is 2.84. The highest BCUT2D eigenvalue weighted by molar-refractivity contribution is 6.03. The summed E-state index contributed by atoms with van der Waals surface area (Å²) in [4.78, 5) is 33.1. The molecule has 0 radical (unpaired) electrons. The second kappa shape index (κ2) is 15.2. The molecule has 1 aromatic heterocycles. The van der Waals surface area contributed by atoms with Crippen molar-refractivity contribution >= 4 is 29.5 Å². The fourth-order valence-electron chi connectivity index (χ4n) is 11.3. The summed E-state index contributed by atoms with van der Waals surface area (Å²) in [5.41, 5.74) is 0.825. The lowest BCUT2D eigenvalue weighted by Crippen LogP contribution is -2.75. The minimum absolute atomic E-state index is 0.0168. The molecule has 63 heavy (non-hydrogen) atoms. The molecule has 5 fully saturated rings. The van der Waals surface area contributed by atoms with Crippen LogP contribution in [0.4, 0.5) is 5.95 Å². The van der Waals surface area contributed by atoms with Crippen LogP contribution in [0.25, 0.3) is 11.8 Å². The van der Waals surface area contributed by atoms with Gasteiger partial charge in [0.25, 0.3) is 0 Å². The molecule has 3 aliphatic carbocycles. The van der Waals surface area contributed by atoms with Crippen molar-refractivity contribution in [2.45, 2.75) is 147 Å². The molecular weight excluding hydrogens is 811 g/mol. The molecule has 6 unspecified atom stereocenters. The maximum Gasteiger partial charge on any atom is 0.333 e. The van der Waals surface area contributed by atoms with Gasteiger partial charge in [-0.15, -0.1) is 0 Å². The number of allylic oxidation sites excluding steroid dienone is 4. The number of esters is 1. The molecule has 2 aromatic rings. The van der Waals surface area contributed by atoms with Gasteiger partial charge in [-0.25, -0.2) is 9.78 Å². The first-order valence-electron chi connectivity index (χ1n) is 21.9. The number of nitrogens with zero attached hydrogens (tertiary/aromatic N) is 2. The molecule has 6 heterocycles. The number of anilines is 1. The number of nitrogens with one attached hydrogen (secondary N) is 1. The van der Waals surface area contributed by atoms with E-state index in [1.165, 1.54) is 12.7 Å². The third-order valence-electron chi connectivity index (χ3n) is 14.3. The Balaban J connectivity index is 1.36. The van der Waals surface area contributed by atoms with E-state index in [4.69, 9.17) is 33.4 Å². The Labute approximate surface area is 367 Å². The number of aliphatic hydroxyl groups excluding tert-OH is 4. The van der Waals surface area contributed by atoms with Crippen LogP contribution in [0.5, 0.6) is 17.2 Å². The van der Waals surface area contributed by atoms with E-state index in [0.717, 1.165) is 17.6 Å². The van der Waals surface area contributed by atoms with Crippen molar-refractivity contribution in [2.75, 3.05) is 19.0 Å². The number of carbonyl (C=O) groups excluding carboxylic acids is 2. The summed E-state index contributed by atoms with van der Waals surface area (Å²) in [7, 11) is 1.32. The van der Waals surface area contributed by atoms with E-state index in [9.17, 15) is 25.2 Å². The van der Waals surface area contributed by atoms with E-state index in [1.54, 1.807) is 19.2 Å². The Morgan fingerprint density at radius 3 is 2.46 bits per heavy atom. The second-order valence-electron chi connectivity index (χ2n) is 19.4. The fraction of sp³-hybridized carbons (Fsp3) is 0.562. The van der Waals surface area contributed by atoms with Gasteiger partial charge in [0.05, 0.1) is 42.2 Å². The smallest absolute Gasteiger partial charge is 0.333 e. The van der Waals surface area contributed by atoms with Crippen LogP contribution in [-0.4, -0.2) is 109 Å². The molecule has 10 rings (SSSR count). The van der Waals surface area contributed by atoms with Crippen LogP contribution in [0, 0.1) is 11.8 Å². The number of fused-ring (bicyclic) bond motifs is 4. The highest BCUT2D eigenvalue weighted by atomic mass is 16.7. The van der Waals surface area contributed by atoms with Crippen LogP contribution >= 0.6 is 0 Å². The normalized spacial score (nSPS) is 35.0. The number of hydrogen-bond donors (Lipinski definition) is 5. The van der Waals surface area contributed by atoms with Crippen LogP contribution in [0.1, 0.15) is 104 Å². The average Bonchev–Trinajstić information content (AvgIpc) is 3.77. The van der Waals surface area contributed by atoms with Crippen LogP contribution < -0.4 is 19.5 Å². The highest BCUT2D eigenvalue weighted by Crippen LogP contribution is 2.74. The van der Waals surface area contributed by atoms with Crippen LogP contribution in [0.15, 0.2) is 59.0 Å².